The van der Waals surface area contributed by atoms with E-state index in [1.807, 2.05) is 23.1 Å². The molecule has 1 amide bonds. The van der Waals surface area contributed by atoms with E-state index in [1.165, 1.54) is 6.42 Å². The third-order valence-corrected chi connectivity index (χ3v) is 5.11. The van der Waals surface area contributed by atoms with E-state index >= 15 is 0 Å². The first-order valence-electron chi connectivity index (χ1n) is 8.83. The molecule has 2 aliphatic rings. The number of benzene rings is 1. The quantitative estimate of drug-likeness (QED) is 0.841. The van der Waals surface area contributed by atoms with Crippen molar-refractivity contribution >= 4 is 11.6 Å². The summed E-state index contributed by atoms with van der Waals surface area (Å²) in [7, 11) is 3.19. The molecule has 1 fully saturated rings. The van der Waals surface area contributed by atoms with Crippen LogP contribution in [0, 0.1) is 0 Å². The van der Waals surface area contributed by atoms with Gasteiger partial charge in [-0.1, -0.05) is 11.2 Å². The van der Waals surface area contributed by atoms with Crippen LogP contribution in [0.2, 0.25) is 0 Å². The maximum absolute atomic E-state index is 12.9. The number of rotatable bonds is 4. The summed E-state index contributed by atoms with van der Waals surface area (Å²) < 4.78 is 10.8. The topological polar surface area (TPSA) is 60.4 Å². The van der Waals surface area contributed by atoms with E-state index < -0.39 is 6.10 Å². The van der Waals surface area contributed by atoms with Crippen molar-refractivity contribution in [2.24, 2.45) is 5.16 Å². The molecule has 1 aromatic rings. The Hall–Kier alpha value is -2.24. The van der Waals surface area contributed by atoms with Crippen LogP contribution in [-0.2, 0) is 9.63 Å². The summed E-state index contributed by atoms with van der Waals surface area (Å²) in [5.74, 6) is 1.27. The first kappa shape index (κ1) is 17.6. The molecule has 136 valence electrons. The molecule has 0 spiro atoms. The number of methoxy groups -OCH3 is 2. The van der Waals surface area contributed by atoms with Gasteiger partial charge in [0, 0.05) is 24.1 Å². The molecular formula is C19H26N2O4. The van der Waals surface area contributed by atoms with Gasteiger partial charge in [0.25, 0.3) is 5.91 Å². The van der Waals surface area contributed by atoms with Gasteiger partial charge < -0.3 is 19.2 Å². The molecular weight excluding hydrogens is 320 g/mol. The molecule has 0 bridgehead atoms. The van der Waals surface area contributed by atoms with Crippen LogP contribution >= 0.6 is 0 Å². The lowest BCUT2D eigenvalue weighted by atomic mass is 9.95. The number of amides is 1. The summed E-state index contributed by atoms with van der Waals surface area (Å²) in [5, 5.41) is 4.17. The highest BCUT2D eigenvalue weighted by molar-refractivity contribution is 6.06. The highest BCUT2D eigenvalue weighted by Gasteiger charge is 2.38. The predicted molar refractivity (Wildman–Crippen MR) is 95.2 cm³/mol. The van der Waals surface area contributed by atoms with Gasteiger partial charge in [0.05, 0.1) is 19.9 Å². The molecule has 1 saturated heterocycles. The number of ether oxygens (including phenoxy) is 2. The van der Waals surface area contributed by atoms with E-state index in [9.17, 15) is 4.79 Å². The second-order valence-corrected chi connectivity index (χ2v) is 6.75. The standard InChI is InChI=1S/C19H26N2O4/c1-12-7-5-8-13(2)21(12)19(22)17-11-15(20-25-17)14-9-6-10-16(23-3)18(14)24-4/h6,9-10,12-13,17H,5,7-8,11H2,1-4H3. The molecule has 0 aromatic heterocycles. The number of nitrogens with zero attached hydrogens (tertiary/aromatic N) is 2. The van der Waals surface area contributed by atoms with Gasteiger partial charge in [0.15, 0.2) is 11.5 Å². The van der Waals surface area contributed by atoms with E-state index in [0.29, 0.717) is 23.6 Å². The van der Waals surface area contributed by atoms with Crippen LogP contribution in [0.4, 0.5) is 0 Å². The maximum atomic E-state index is 12.9. The Balaban J connectivity index is 1.76. The summed E-state index contributed by atoms with van der Waals surface area (Å²) in [6.07, 6.45) is 3.13. The van der Waals surface area contributed by atoms with Gasteiger partial charge in [0.1, 0.15) is 0 Å². The van der Waals surface area contributed by atoms with Crippen LogP contribution in [0.25, 0.3) is 0 Å². The molecule has 3 rings (SSSR count). The minimum atomic E-state index is -0.561. The van der Waals surface area contributed by atoms with Crippen LogP contribution in [0.3, 0.4) is 0 Å². The lowest BCUT2D eigenvalue weighted by Gasteiger charge is -2.39. The summed E-state index contributed by atoms with van der Waals surface area (Å²) in [5.41, 5.74) is 1.52. The van der Waals surface area contributed by atoms with Crippen molar-refractivity contribution in [2.75, 3.05) is 14.2 Å². The number of hydrogen-bond acceptors (Lipinski definition) is 5. The minimum absolute atomic E-state index is 0.0281. The molecule has 0 aliphatic carbocycles. The number of likely N-dealkylation sites (tertiary alicyclic amines) is 1. The summed E-state index contributed by atoms with van der Waals surface area (Å²) in [4.78, 5) is 20.4. The fourth-order valence-corrected chi connectivity index (χ4v) is 3.81. The van der Waals surface area contributed by atoms with E-state index in [4.69, 9.17) is 14.3 Å². The second kappa shape index (κ2) is 7.33. The Labute approximate surface area is 148 Å². The molecule has 0 radical (unpaired) electrons. The zero-order valence-electron chi connectivity index (χ0n) is 15.3. The third-order valence-electron chi connectivity index (χ3n) is 5.11. The Morgan fingerprint density at radius 1 is 1.20 bits per heavy atom. The number of para-hydroxylation sites is 1. The SMILES string of the molecule is COc1cccc(C2=NOC(C(=O)N3C(C)CCCC3C)C2)c1OC. The molecule has 0 saturated carbocycles. The Morgan fingerprint density at radius 3 is 2.56 bits per heavy atom. The van der Waals surface area contributed by atoms with Crippen LogP contribution < -0.4 is 9.47 Å². The molecule has 25 heavy (non-hydrogen) atoms. The van der Waals surface area contributed by atoms with Gasteiger partial charge in [-0.3, -0.25) is 4.79 Å². The van der Waals surface area contributed by atoms with Crippen molar-refractivity contribution in [3.63, 3.8) is 0 Å². The van der Waals surface area contributed by atoms with Gasteiger partial charge in [0.2, 0.25) is 6.10 Å². The highest BCUT2D eigenvalue weighted by atomic mass is 16.6. The van der Waals surface area contributed by atoms with E-state index in [-0.39, 0.29) is 18.0 Å². The third kappa shape index (κ3) is 3.30. The lowest BCUT2D eigenvalue weighted by Crippen LogP contribution is -2.51. The van der Waals surface area contributed by atoms with Gasteiger partial charge >= 0.3 is 0 Å². The van der Waals surface area contributed by atoms with Crippen LogP contribution in [0.5, 0.6) is 11.5 Å². The monoisotopic (exact) mass is 346 g/mol. The molecule has 3 unspecified atom stereocenters. The second-order valence-electron chi connectivity index (χ2n) is 6.75. The van der Waals surface area contributed by atoms with Crippen molar-refractivity contribution in [3.05, 3.63) is 23.8 Å². The Morgan fingerprint density at radius 2 is 1.92 bits per heavy atom. The smallest absolute Gasteiger partial charge is 0.267 e. The predicted octanol–water partition coefficient (Wildman–Crippen LogP) is 2.99. The lowest BCUT2D eigenvalue weighted by molar-refractivity contribution is -0.148. The van der Waals surface area contributed by atoms with Crippen molar-refractivity contribution in [3.8, 4) is 11.5 Å². The molecule has 2 heterocycles. The van der Waals surface area contributed by atoms with Crippen LogP contribution in [0.15, 0.2) is 23.4 Å². The normalized spacial score (nSPS) is 26.0. The molecule has 0 N–H and O–H groups in total. The molecule has 6 heteroatoms. The van der Waals surface area contributed by atoms with Crippen LogP contribution in [0.1, 0.15) is 45.1 Å². The molecule has 6 nitrogen and oxygen atoms in total. The summed E-state index contributed by atoms with van der Waals surface area (Å²) >= 11 is 0. The first-order valence-corrected chi connectivity index (χ1v) is 8.83. The fraction of sp³-hybridized carbons (Fsp3) is 0.579. The average Bonchev–Trinajstić information content (AvgIpc) is 3.10. The van der Waals surface area contributed by atoms with Crippen molar-refractivity contribution in [2.45, 2.75) is 57.7 Å². The fourth-order valence-electron chi connectivity index (χ4n) is 3.81. The zero-order chi connectivity index (χ0) is 18.0. The molecule has 1 aromatic carbocycles. The number of carbonyl (C=O) groups is 1. The van der Waals surface area contributed by atoms with Gasteiger partial charge in [-0.05, 0) is 45.2 Å². The summed E-state index contributed by atoms with van der Waals surface area (Å²) in [6, 6.07) is 6.11. The number of oxime groups is 1. The summed E-state index contributed by atoms with van der Waals surface area (Å²) in [6.45, 7) is 4.21. The van der Waals surface area contributed by atoms with Crippen molar-refractivity contribution in [1.82, 2.24) is 4.90 Å². The van der Waals surface area contributed by atoms with Crippen LogP contribution in [-0.4, -0.2) is 48.9 Å². The zero-order valence-corrected chi connectivity index (χ0v) is 15.3. The average molecular weight is 346 g/mol. The van der Waals surface area contributed by atoms with E-state index in [2.05, 4.69) is 19.0 Å². The molecule has 2 aliphatic heterocycles. The maximum Gasteiger partial charge on any atom is 0.267 e. The Kier molecular flexibility index (Phi) is 5.16. The largest absolute Gasteiger partial charge is 0.493 e. The molecule has 3 atom stereocenters. The number of hydrogen-bond donors (Lipinski definition) is 0. The van der Waals surface area contributed by atoms with Gasteiger partial charge in [-0.2, -0.15) is 0 Å². The van der Waals surface area contributed by atoms with Gasteiger partial charge in [-0.25, -0.2) is 0 Å². The highest BCUT2D eigenvalue weighted by Crippen LogP contribution is 2.34. The van der Waals surface area contributed by atoms with Gasteiger partial charge in [-0.15, -0.1) is 0 Å². The number of carbonyl (C=O) groups excluding carboxylic acids is 1. The van der Waals surface area contributed by atoms with Crippen molar-refractivity contribution < 1.29 is 19.1 Å². The Bertz CT molecular complexity index is 663. The first-order chi connectivity index (χ1) is 12.1. The minimum Gasteiger partial charge on any atom is -0.493 e. The van der Waals surface area contributed by atoms with E-state index in [1.54, 1.807) is 14.2 Å². The number of piperidine rings is 1. The van der Waals surface area contributed by atoms with Crippen molar-refractivity contribution in [1.29, 1.82) is 0 Å². The van der Waals surface area contributed by atoms with E-state index in [0.717, 1.165) is 18.4 Å².